The summed E-state index contributed by atoms with van der Waals surface area (Å²) in [4.78, 5) is 12.0. The standard InChI is InChI=1S/C14H21N5O/c1-2-18-10-12(8-15-18)13-16-17-14(20)19(13)9-11-6-4-3-5-7-11/h8,10-11H,2-7,9H2,1H3,(H,17,20). The van der Waals surface area contributed by atoms with Gasteiger partial charge in [0.2, 0.25) is 0 Å². The second-order valence-electron chi connectivity index (χ2n) is 5.55. The van der Waals surface area contributed by atoms with E-state index < -0.39 is 0 Å². The first-order chi connectivity index (χ1) is 9.78. The molecule has 0 spiro atoms. The lowest BCUT2D eigenvalue weighted by molar-refractivity contribution is 0.317. The van der Waals surface area contributed by atoms with Crippen molar-refractivity contribution in [1.82, 2.24) is 24.5 Å². The van der Waals surface area contributed by atoms with Crippen LogP contribution in [0.1, 0.15) is 39.0 Å². The zero-order valence-electron chi connectivity index (χ0n) is 11.9. The number of hydrogen-bond acceptors (Lipinski definition) is 3. The number of aryl methyl sites for hydroxylation is 1. The summed E-state index contributed by atoms with van der Waals surface area (Å²) in [5.41, 5.74) is 0.788. The van der Waals surface area contributed by atoms with Crippen LogP contribution in [0.5, 0.6) is 0 Å². The highest BCUT2D eigenvalue weighted by Crippen LogP contribution is 2.26. The van der Waals surface area contributed by atoms with Gasteiger partial charge in [-0.2, -0.15) is 10.2 Å². The Morgan fingerprint density at radius 1 is 1.35 bits per heavy atom. The van der Waals surface area contributed by atoms with Gasteiger partial charge in [0, 0.05) is 19.3 Å². The molecular formula is C14H21N5O. The normalized spacial score (nSPS) is 16.6. The van der Waals surface area contributed by atoms with E-state index in [1.165, 1.54) is 32.1 Å². The molecule has 1 saturated carbocycles. The summed E-state index contributed by atoms with van der Waals surface area (Å²) in [6, 6.07) is 0. The van der Waals surface area contributed by atoms with Crippen molar-refractivity contribution < 1.29 is 0 Å². The van der Waals surface area contributed by atoms with Crippen molar-refractivity contribution in [3.8, 4) is 11.4 Å². The molecule has 1 aliphatic carbocycles. The summed E-state index contributed by atoms with van der Waals surface area (Å²) < 4.78 is 3.62. The number of hydrogen-bond donors (Lipinski definition) is 1. The van der Waals surface area contributed by atoms with E-state index >= 15 is 0 Å². The molecule has 6 nitrogen and oxygen atoms in total. The van der Waals surface area contributed by atoms with Crippen LogP contribution in [-0.4, -0.2) is 24.5 Å². The Hall–Kier alpha value is -1.85. The topological polar surface area (TPSA) is 68.5 Å². The van der Waals surface area contributed by atoms with Crippen molar-refractivity contribution >= 4 is 0 Å². The highest BCUT2D eigenvalue weighted by molar-refractivity contribution is 5.52. The molecule has 0 atom stereocenters. The van der Waals surface area contributed by atoms with Crippen LogP contribution >= 0.6 is 0 Å². The molecule has 20 heavy (non-hydrogen) atoms. The van der Waals surface area contributed by atoms with Gasteiger partial charge < -0.3 is 0 Å². The average Bonchev–Trinajstić information content (AvgIpc) is 3.08. The number of rotatable bonds is 4. The molecule has 0 amide bonds. The molecule has 6 heteroatoms. The van der Waals surface area contributed by atoms with Gasteiger partial charge in [-0.15, -0.1) is 0 Å². The van der Waals surface area contributed by atoms with Crippen molar-refractivity contribution in [1.29, 1.82) is 0 Å². The zero-order chi connectivity index (χ0) is 13.9. The van der Waals surface area contributed by atoms with Crippen LogP contribution in [0.4, 0.5) is 0 Å². The lowest BCUT2D eigenvalue weighted by Crippen LogP contribution is -2.23. The van der Waals surface area contributed by atoms with E-state index in [1.54, 1.807) is 10.8 Å². The minimum Gasteiger partial charge on any atom is -0.275 e. The van der Waals surface area contributed by atoms with E-state index in [2.05, 4.69) is 15.3 Å². The van der Waals surface area contributed by atoms with E-state index in [9.17, 15) is 4.79 Å². The zero-order valence-corrected chi connectivity index (χ0v) is 11.9. The first-order valence-electron chi connectivity index (χ1n) is 7.46. The highest BCUT2D eigenvalue weighted by atomic mass is 16.1. The molecule has 2 aromatic heterocycles. The smallest absolute Gasteiger partial charge is 0.275 e. The summed E-state index contributed by atoms with van der Waals surface area (Å²) in [6.45, 7) is 3.62. The molecule has 2 heterocycles. The van der Waals surface area contributed by atoms with Crippen LogP contribution < -0.4 is 5.69 Å². The molecule has 2 aromatic rings. The number of nitrogens with one attached hydrogen (secondary N) is 1. The quantitative estimate of drug-likeness (QED) is 0.928. The molecule has 1 aliphatic rings. The molecular weight excluding hydrogens is 254 g/mol. The molecule has 0 saturated heterocycles. The Kier molecular flexibility index (Phi) is 3.71. The maximum atomic E-state index is 12.0. The van der Waals surface area contributed by atoms with Gasteiger partial charge in [0.25, 0.3) is 0 Å². The molecule has 0 bridgehead atoms. The summed E-state index contributed by atoms with van der Waals surface area (Å²) in [5.74, 6) is 1.30. The fourth-order valence-electron chi connectivity index (χ4n) is 2.99. The van der Waals surface area contributed by atoms with Crippen molar-refractivity contribution in [3.05, 3.63) is 22.9 Å². The first-order valence-corrected chi connectivity index (χ1v) is 7.46. The third kappa shape index (κ3) is 2.55. The van der Waals surface area contributed by atoms with E-state index in [0.717, 1.165) is 18.7 Å². The van der Waals surface area contributed by atoms with Crippen molar-refractivity contribution in [3.63, 3.8) is 0 Å². The van der Waals surface area contributed by atoms with Gasteiger partial charge >= 0.3 is 5.69 Å². The largest absolute Gasteiger partial charge is 0.343 e. The SMILES string of the molecule is CCn1cc(-c2n[nH]c(=O)n2CC2CCCCC2)cn1. The number of nitrogens with zero attached hydrogens (tertiary/aromatic N) is 4. The Morgan fingerprint density at radius 3 is 2.85 bits per heavy atom. The van der Waals surface area contributed by atoms with Crippen LogP contribution in [0.15, 0.2) is 17.2 Å². The molecule has 1 fully saturated rings. The lowest BCUT2D eigenvalue weighted by Gasteiger charge is -2.21. The Balaban J connectivity index is 1.86. The molecule has 0 aliphatic heterocycles. The fourth-order valence-corrected chi connectivity index (χ4v) is 2.99. The van der Waals surface area contributed by atoms with Gasteiger partial charge in [0.15, 0.2) is 5.82 Å². The highest BCUT2D eigenvalue weighted by Gasteiger charge is 2.19. The van der Waals surface area contributed by atoms with Crippen LogP contribution in [0, 0.1) is 5.92 Å². The summed E-state index contributed by atoms with van der Waals surface area (Å²) in [5, 5.41) is 11.0. The van der Waals surface area contributed by atoms with Gasteiger partial charge in [-0.1, -0.05) is 19.3 Å². The Labute approximate surface area is 117 Å². The van der Waals surface area contributed by atoms with Gasteiger partial charge in [0.1, 0.15) is 0 Å². The fraction of sp³-hybridized carbons (Fsp3) is 0.643. The third-order valence-electron chi connectivity index (χ3n) is 4.14. The Bertz CT molecular complexity index is 618. The molecule has 108 valence electrons. The van der Waals surface area contributed by atoms with Crippen molar-refractivity contribution in [2.45, 2.75) is 52.1 Å². The summed E-state index contributed by atoms with van der Waals surface area (Å²) in [7, 11) is 0. The van der Waals surface area contributed by atoms with E-state index in [4.69, 9.17) is 0 Å². The Morgan fingerprint density at radius 2 is 2.15 bits per heavy atom. The van der Waals surface area contributed by atoms with E-state index in [0.29, 0.717) is 11.7 Å². The van der Waals surface area contributed by atoms with Crippen LogP contribution in [0.2, 0.25) is 0 Å². The van der Waals surface area contributed by atoms with Crippen molar-refractivity contribution in [2.24, 2.45) is 5.92 Å². The number of aromatic amines is 1. The maximum absolute atomic E-state index is 12.0. The number of aromatic nitrogens is 5. The predicted molar refractivity (Wildman–Crippen MR) is 76.3 cm³/mol. The molecule has 0 unspecified atom stereocenters. The van der Waals surface area contributed by atoms with E-state index in [-0.39, 0.29) is 5.69 Å². The van der Waals surface area contributed by atoms with Gasteiger partial charge in [-0.25, -0.2) is 9.89 Å². The van der Waals surface area contributed by atoms with Crippen LogP contribution in [-0.2, 0) is 13.1 Å². The minimum absolute atomic E-state index is 0.116. The second kappa shape index (κ2) is 5.64. The monoisotopic (exact) mass is 275 g/mol. The number of H-pyrrole nitrogens is 1. The lowest BCUT2D eigenvalue weighted by atomic mass is 9.89. The predicted octanol–water partition coefficient (Wildman–Crippen LogP) is 2.04. The molecule has 0 aromatic carbocycles. The molecule has 0 radical (unpaired) electrons. The average molecular weight is 275 g/mol. The minimum atomic E-state index is -0.116. The maximum Gasteiger partial charge on any atom is 0.343 e. The van der Waals surface area contributed by atoms with Crippen molar-refractivity contribution in [2.75, 3.05) is 0 Å². The summed E-state index contributed by atoms with van der Waals surface area (Å²) in [6.07, 6.45) is 10.0. The molecule has 1 N–H and O–H groups in total. The van der Waals surface area contributed by atoms with Gasteiger partial charge in [-0.3, -0.25) is 9.25 Å². The van der Waals surface area contributed by atoms with Crippen LogP contribution in [0.25, 0.3) is 11.4 Å². The van der Waals surface area contributed by atoms with Crippen LogP contribution in [0.3, 0.4) is 0 Å². The van der Waals surface area contributed by atoms with Gasteiger partial charge in [-0.05, 0) is 25.7 Å². The summed E-state index contributed by atoms with van der Waals surface area (Å²) >= 11 is 0. The first kappa shape index (κ1) is 13.1. The van der Waals surface area contributed by atoms with E-state index in [1.807, 2.05) is 17.8 Å². The third-order valence-corrected chi connectivity index (χ3v) is 4.14. The second-order valence-corrected chi connectivity index (χ2v) is 5.55. The van der Waals surface area contributed by atoms with Gasteiger partial charge in [0.05, 0.1) is 11.8 Å². The molecule has 3 rings (SSSR count).